The van der Waals surface area contributed by atoms with Crippen molar-refractivity contribution < 1.29 is 0 Å². The summed E-state index contributed by atoms with van der Waals surface area (Å²) in [5.41, 5.74) is 2.89. The lowest BCUT2D eigenvalue weighted by atomic mass is 9.96. The van der Waals surface area contributed by atoms with Gasteiger partial charge < -0.3 is 4.90 Å². The van der Waals surface area contributed by atoms with Gasteiger partial charge in [-0.1, -0.05) is 43.3 Å². The van der Waals surface area contributed by atoms with Crippen molar-refractivity contribution in [3.8, 4) is 0 Å². The zero-order valence-electron chi connectivity index (χ0n) is 10.2. The van der Waals surface area contributed by atoms with E-state index in [1.54, 1.807) is 0 Å². The average Bonchev–Trinajstić information content (AvgIpc) is 2.67. The van der Waals surface area contributed by atoms with Crippen LogP contribution in [-0.2, 0) is 0 Å². The summed E-state index contributed by atoms with van der Waals surface area (Å²) in [6.45, 7) is 8.20. The van der Waals surface area contributed by atoms with Crippen LogP contribution < -0.4 is 4.90 Å². The molecule has 2 aromatic carbocycles. The molecule has 0 aliphatic carbocycles. The molecule has 0 saturated carbocycles. The third-order valence-electron chi connectivity index (χ3n) is 3.62. The second kappa shape index (κ2) is 3.92. The van der Waals surface area contributed by atoms with E-state index >= 15 is 0 Å². The summed E-state index contributed by atoms with van der Waals surface area (Å²) < 4.78 is 0. The van der Waals surface area contributed by atoms with Crippen LogP contribution in [0.15, 0.2) is 49.1 Å². The first kappa shape index (κ1) is 10.4. The largest absolute Gasteiger partial charge is 0.367 e. The fraction of sp³-hybridized carbons (Fsp3) is 0.250. The van der Waals surface area contributed by atoms with Gasteiger partial charge in [0.15, 0.2) is 0 Å². The van der Waals surface area contributed by atoms with E-state index in [2.05, 4.69) is 54.8 Å². The van der Waals surface area contributed by atoms with E-state index in [4.69, 9.17) is 0 Å². The van der Waals surface area contributed by atoms with Gasteiger partial charge in [0.2, 0.25) is 0 Å². The van der Waals surface area contributed by atoms with Gasteiger partial charge >= 0.3 is 0 Å². The SMILES string of the molecule is C=CCN1CC(C)c2c1ccc1ccccc21. The first-order valence-electron chi connectivity index (χ1n) is 6.18. The lowest BCUT2D eigenvalue weighted by Gasteiger charge is -2.17. The highest BCUT2D eigenvalue weighted by Gasteiger charge is 2.26. The summed E-state index contributed by atoms with van der Waals surface area (Å²) in [6.07, 6.45) is 1.98. The highest BCUT2D eigenvalue weighted by Crippen LogP contribution is 2.40. The number of benzene rings is 2. The quantitative estimate of drug-likeness (QED) is 0.697. The van der Waals surface area contributed by atoms with Crippen LogP contribution in [0, 0.1) is 0 Å². The number of hydrogen-bond donors (Lipinski definition) is 0. The Balaban J connectivity index is 2.23. The van der Waals surface area contributed by atoms with Gasteiger partial charge in [0.05, 0.1) is 0 Å². The molecule has 0 fully saturated rings. The maximum Gasteiger partial charge on any atom is 0.0411 e. The van der Waals surface area contributed by atoms with Crippen molar-refractivity contribution in [2.45, 2.75) is 12.8 Å². The van der Waals surface area contributed by atoms with Crippen molar-refractivity contribution in [2.24, 2.45) is 0 Å². The number of fused-ring (bicyclic) bond motifs is 3. The topological polar surface area (TPSA) is 3.24 Å². The monoisotopic (exact) mass is 223 g/mol. The standard InChI is InChI=1S/C16H17N/c1-3-10-17-11-12(2)16-14-7-5-4-6-13(14)8-9-15(16)17/h3-9,12H,1,10-11H2,2H3. The van der Waals surface area contributed by atoms with Crippen LogP contribution in [0.25, 0.3) is 10.8 Å². The van der Waals surface area contributed by atoms with Crippen LogP contribution in [0.3, 0.4) is 0 Å². The second-order valence-electron chi connectivity index (χ2n) is 4.81. The van der Waals surface area contributed by atoms with Crippen LogP contribution in [0.1, 0.15) is 18.4 Å². The van der Waals surface area contributed by atoms with Crippen LogP contribution in [0.5, 0.6) is 0 Å². The van der Waals surface area contributed by atoms with Gasteiger partial charge in [0.1, 0.15) is 0 Å². The zero-order valence-corrected chi connectivity index (χ0v) is 10.2. The summed E-state index contributed by atoms with van der Waals surface area (Å²) in [5, 5.41) is 2.75. The smallest absolute Gasteiger partial charge is 0.0411 e. The molecule has 1 heterocycles. The predicted molar refractivity (Wildman–Crippen MR) is 74.8 cm³/mol. The van der Waals surface area contributed by atoms with Gasteiger partial charge in [-0.2, -0.15) is 0 Å². The van der Waals surface area contributed by atoms with E-state index in [1.165, 1.54) is 22.0 Å². The van der Waals surface area contributed by atoms with Gasteiger partial charge in [0, 0.05) is 24.7 Å². The Hall–Kier alpha value is -1.76. The van der Waals surface area contributed by atoms with Crippen LogP contribution >= 0.6 is 0 Å². The Bertz CT molecular complexity index is 571. The van der Waals surface area contributed by atoms with Crippen molar-refractivity contribution in [3.05, 3.63) is 54.6 Å². The molecule has 2 aromatic rings. The van der Waals surface area contributed by atoms with Crippen molar-refractivity contribution in [1.29, 1.82) is 0 Å². The molecule has 0 saturated heterocycles. The number of hydrogen-bond acceptors (Lipinski definition) is 1. The molecule has 86 valence electrons. The van der Waals surface area contributed by atoms with Gasteiger partial charge in [-0.3, -0.25) is 0 Å². The molecule has 3 rings (SSSR count). The molecule has 17 heavy (non-hydrogen) atoms. The predicted octanol–water partition coefficient (Wildman–Crippen LogP) is 3.95. The molecule has 0 bridgehead atoms. The Morgan fingerprint density at radius 2 is 2.12 bits per heavy atom. The minimum atomic E-state index is 0.607. The maximum atomic E-state index is 3.84. The van der Waals surface area contributed by atoms with Crippen LogP contribution in [-0.4, -0.2) is 13.1 Å². The van der Waals surface area contributed by atoms with Crippen molar-refractivity contribution in [2.75, 3.05) is 18.0 Å². The zero-order chi connectivity index (χ0) is 11.8. The maximum absolute atomic E-state index is 3.84. The van der Waals surface area contributed by atoms with E-state index < -0.39 is 0 Å². The van der Waals surface area contributed by atoms with Crippen LogP contribution in [0.4, 0.5) is 5.69 Å². The molecular formula is C16H17N. The summed E-state index contributed by atoms with van der Waals surface area (Å²) in [4.78, 5) is 2.42. The summed E-state index contributed by atoms with van der Waals surface area (Å²) >= 11 is 0. The molecule has 0 N–H and O–H groups in total. The van der Waals surface area contributed by atoms with Crippen LogP contribution in [0.2, 0.25) is 0 Å². The average molecular weight is 223 g/mol. The molecule has 0 radical (unpaired) electrons. The fourth-order valence-electron chi connectivity index (χ4n) is 2.93. The summed E-state index contributed by atoms with van der Waals surface area (Å²) in [6, 6.07) is 13.1. The Kier molecular flexibility index (Phi) is 2.40. The van der Waals surface area contributed by atoms with E-state index in [9.17, 15) is 0 Å². The second-order valence-corrected chi connectivity index (χ2v) is 4.81. The Labute approximate surface area is 102 Å². The summed E-state index contributed by atoms with van der Waals surface area (Å²) in [7, 11) is 0. The number of rotatable bonds is 2. The number of nitrogens with zero attached hydrogens (tertiary/aromatic N) is 1. The molecule has 1 aliphatic rings. The van der Waals surface area contributed by atoms with Gasteiger partial charge in [0.25, 0.3) is 0 Å². The van der Waals surface area contributed by atoms with Crippen molar-refractivity contribution >= 4 is 16.5 Å². The molecule has 1 heteroatoms. The van der Waals surface area contributed by atoms with Crippen molar-refractivity contribution in [1.82, 2.24) is 0 Å². The van der Waals surface area contributed by atoms with E-state index in [0.29, 0.717) is 5.92 Å². The molecule has 1 unspecified atom stereocenters. The van der Waals surface area contributed by atoms with Crippen molar-refractivity contribution in [3.63, 3.8) is 0 Å². The fourth-order valence-corrected chi connectivity index (χ4v) is 2.93. The van der Waals surface area contributed by atoms with Gasteiger partial charge in [-0.25, -0.2) is 0 Å². The van der Waals surface area contributed by atoms with E-state index in [0.717, 1.165) is 13.1 Å². The molecule has 0 amide bonds. The first-order chi connectivity index (χ1) is 8.31. The molecule has 1 nitrogen and oxygen atoms in total. The molecular weight excluding hydrogens is 206 g/mol. The molecule has 1 aliphatic heterocycles. The highest BCUT2D eigenvalue weighted by atomic mass is 15.1. The van der Waals surface area contributed by atoms with E-state index in [1.807, 2.05) is 6.08 Å². The third-order valence-corrected chi connectivity index (χ3v) is 3.62. The third kappa shape index (κ3) is 1.54. The summed E-state index contributed by atoms with van der Waals surface area (Å²) in [5.74, 6) is 0.607. The minimum absolute atomic E-state index is 0.607. The molecule has 0 spiro atoms. The van der Waals surface area contributed by atoms with E-state index in [-0.39, 0.29) is 0 Å². The lowest BCUT2D eigenvalue weighted by molar-refractivity contribution is 0.780. The normalized spacial score (nSPS) is 18.4. The highest BCUT2D eigenvalue weighted by molar-refractivity contribution is 5.92. The van der Waals surface area contributed by atoms with Gasteiger partial charge in [-0.05, 0) is 22.4 Å². The lowest BCUT2D eigenvalue weighted by Crippen LogP contribution is -2.20. The Morgan fingerprint density at radius 3 is 2.94 bits per heavy atom. The Morgan fingerprint density at radius 1 is 1.29 bits per heavy atom. The molecule has 1 atom stereocenters. The first-order valence-corrected chi connectivity index (χ1v) is 6.18. The molecule has 0 aromatic heterocycles. The minimum Gasteiger partial charge on any atom is -0.367 e. The number of anilines is 1. The van der Waals surface area contributed by atoms with Gasteiger partial charge in [-0.15, -0.1) is 6.58 Å².